The first-order chi connectivity index (χ1) is 14.2. The first-order valence-corrected chi connectivity index (χ1v) is 11.2. The van der Waals surface area contributed by atoms with Crippen LogP contribution in [0.4, 0.5) is 10.5 Å². The Hall–Kier alpha value is -2.28. The molecular weight excluding hydrogens is 444 g/mol. The topological polar surface area (TPSA) is 57.6 Å². The lowest BCUT2D eigenvalue weighted by Crippen LogP contribution is -2.48. The SMILES string of the molecule is CCC(C)N(CC(=O)N(Cc1cccn1C)CC(C)C)C(=O)Nc1ccc(Br)cc1. The van der Waals surface area contributed by atoms with Crippen molar-refractivity contribution in [2.45, 2.75) is 46.7 Å². The quantitative estimate of drug-likeness (QED) is 0.546. The summed E-state index contributed by atoms with van der Waals surface area (Å²) in [5.74, 6) is 0.291. The summed E-state index contributed by atoms with van der Waals surface area (Å²) in [6, 6.07) is 11.1. The standard InChI is InChI=1S/C23H33BrN4O2/c1-6-18(4)28(23(30)25-20-11-9-19(24)10-12-20)16-22(29)27(14-17(2)3)15-21-8-7-13-26(21)5/h7-13,17-18H,6,14-16H2,1-5H3,(H,25,30). The average molecular weight is 477 g/mol. The minimum Gasteiger partial charge on any atom is -0.353 e. The van der Waals surface area contributed by atoms with Gasteiger partial charge in [0.2, 0.25) is 5.91 Å². The van der Waals surface area contributed by atoms with Crippen LogP contribution in [0.5, 0.6) is 0 Å². The molecule has 0 aliphatic heterocycles. The summed E-state index contributed by atoms with van der Waals surface area (Å²) in [6.45, 7) is 9.41. The molecule has 0 bridgehead atoms. The number of urea groups is 1. The molecule has 1 aromatic heterocycles. The Balaban J connectivity index is 2.15. The lowest BCUT2D eigenvalue weighted by Gasteiger charge is -2.32. The van der Waals surface area contributed by atoms with Crippen LogP contribution >= 0.6 is 15.9 Å². The van der Waals surface area contributed by atoms with Crippen molar-refractivity contribution in [3.05, 3.63) is 52.8 Å². The zero-order valence-electron chi connectivity index (χ0n) is 18.6. The number of nitrogens with zero attached hydrogens (tertiary/aromatic N) is 3. The molecule has 0 radical (unpaired) electrons. The number of hydrogen-bond acceptors (Lipinski definition) is 2. The highest BCUT2D eigenvalue weighted by atomic mass is 79.9. The van der Waals surface area contributed by atoms with Gasteiger partial charge in [0.05, 0.1) is 6.54 Å². The first kappa shape index (κ1) is 24.0. The molecule has 164 valence electrons. The van der Waals surface area contributed by atoms with Crippen LogP contribution in [0.3, 0.4) is 0 Å². The van der Waals surface area contributed by atoms with Crippen molar-refractivity contribution in [3.63, 3.8) is 0 Å². The molecule has 2 aromatic rings. The minimum absolute atomic E-state index is 0.0452. The van der Waals surface area contributed by atoms with Crippen LogP contribution in [0.1, 0.15) is 39.8 Å². The largest absolute Gasteiger partial charge is 0.353 e. The molecular formula is C23H33BrN4O2. The molecule has 7 heteroatoms. The van der Waals surface area contributed by atoms with Gasteiger partial charge in [-0.2, -0.15) is 0 Å². The van der Waals surface area contributed by atoms with Gasteiger partial charge in [-0.15, -0.1) is 0 Å². The van der Waals surface area contributed by atoms with Crippen LogP contribution in [0.2, 0.25) is 0 Å². The van der Waals surface area contributed by atoms with E-state index in [1.165, 1.54) is 0 Å². The number of benzene rings is 1. The maximum atomic E-state index is 13.2. The smallest absolute Gasteiger partial charge is 0.322 e. The van der Waals surface area contributed by atoms with E-state index in [-0.39, 0.29) is 24.5 Å². The number of aryl methyl sites for hydroxylation is 1. The van der Waals surface area contributed by atoms with E-state index in [1.807, 2.05) is 73.0 Å². The maximum Gasteiger partial charge on any atom is 0.322 e. The Morgan fingerprint density at radius 2 is 1.80 bits per heavy atom. The molecule has 0 aliphatic carbocycles. The molecule has 1 aromatic carbocycles. The van der Waals surface area contributed by atoms with Crippen LogP contribution in [0, 0.1) is 5.92 Å². The summed E-state index contributed by atoms with van der Waals surface area (Å²) >= 11 is 3.40. The fourth-order valence-corrected chi connectivity index (χ4v) is 3.44. The second kappa shape index (κ2) is 11.2. The normalized spacial score (nSPS) is 12.0. The zero-order valence-corrected chi connectivity index (χ0v) is 20.1. The van der Waals surface area contributed by atoms with Gasteiger partial charge in [0.25, 0.3) is 0 Å². The molecule has 0 saturated carbocycles. The fourth-order valence-electron chi connectivity index (χ4n) is 3.17. The van der Waals surface area contributed by atoms with Gasteiger partial charge in [-0.1, -0.05) is 36.7 Å². The summed E-state index contributed by atoms with van der Waals surface area (Å²) in [5.41, 5.74) is 1.77. The highest BCUT2D eigenvalue weighted by Crippen LogP contribution is 2.16. The van der Waals surface area contributed by atoms with E-state index in [2.05, 4.69) is 35.1 Å². The molecule has 2 rings (SSSR count). The van der Waals surface area contributed by atoms with Crippen LogP contribution in [0.15, 0.2) is 47.1 Å². The Morgan fingerprint density at radius 1 is 1.13 bits per heavy atom. The molecule has 0 spiro atoms. The second-order valence-corrected chi connectivity index (χ2v) is 9.02. The molecule has 30 heavy (non-hydrogen) atoms. The number of amides is 3. The predicted molar refractivity (Wildman–Crippen MR) is 125 cm³/mol. The van der Waals surface area contributed by atoms with E-state index in [0.29, 0.717) is 24.7 Å². The monoisotopic (exact) mass is 476 g/mol. The van der Waals surface area contributed by atoms with E-state index in [0.717, 1.165) is 16.6 Å². The number of aromatic nitrogens is 1. The van der Waals surface area contributed by atoms with Gasteiger partial charge in [0.15, 0.2) is 0 Å². The highest BCUT2D eigenvalue weighted by molar-refractivity contribution is 9.10. The molecule has 1 unspecified atom stereocenters. The summed E-state index contributed by atoms with van der Waals surface area (Å²) in [4.78, 5) is 29.7. The van der Waals surface area contributed by atoms with Crippen molar-refractivity contribution in [3.8, 4) is 0 Å². The number of carbonyl (C=O) groups is 2. The van der Waals surface area contributed by atoms with Gasteiger partial charge < -0.3 is 19.7 Å². The van der Waals surface area contributed by atoms with E-state index in [4.69, 9.17) is 0 Å². The number of halogens is 1. The fraction of sp³-hybridized carbons (Fsp3) is 0.478. The third-order valence-corrected chi connectivity index (χ3v) is 5.66. The molecule has 6 nitrogen and oxygen atoms in total. The van der Waals surface area contributed by atoms with Gasteiger partial charge in [0, 0.05) is 41.7 Å². The summed E-state index contributed by atoms with van der Waals surface area (Å²) < 4.78 is 2.97. The second-order valence-electron chi connectivity index (χ2n) is 8.10. The van der Waals surface area contributed by atoms with Gasteiger partial charge >= 0.3 is 6.03 Å². The van der Waals surface area contributed by atoms with Crippen molar-refractivity contribution in [1.29, 1.82) is 0 Å². The van der Waals surface area contributed by atoms with Crippen LogP contribution < -0.4 is 5.32 Å². The van der Waals surface area contributed by atoms with Crippen LogP contribution in [0.25, 0.3) is 0 Å². The molecule has 0 fully saturated rings. The first-order valence-electron chi connectivity index (χ1n) is 10.4. The Morgan fingerprint density at radius 3 is 2.33 bits per heavy atom. The van der Waals surface area contributed by atoms with Gasteiger partial charge in [-0.25, -0.2) is 4.79 Å². The molecule has 0 aliphatic rings. The maximum absolute atomic E-state index is 13.2. The number of anilines is 1. The summed E-state index contributed by atoms with van der Waals surface area (Å²) in [5, 5.41) is 2.92. The predicted octanol–water partition coefficient (Wildman–Crippen LogP) is 5.10. The third-order valence-electron chi connectivity index (χ3n) is 5.13. The van der Waals surface area contributed by atoms with E-state index in [9.17, 15) is 9.59 Å². The van der Waals surface area contributed by atoms with Crippen molar-refractivity contribution in [1.82, 2.24) is 14.4 Å². The van der Waals surface area contributed by atoms with Gasteiger partial charge in [-0.05, 0) is 55.7 Å². The minimum atomic E-state index is -0.261. The average Bonchev–Trinajstić information content (AvgIpc) is 3.10. The number of rotatable bonds is 9. The van der Waals surface area contributed by atoms with Crippen molar-refractivity contribution < 1.29 is 9.59 Å². The van der Waals surface area contributed by atoms with E-state index >= 15 is 0 Å². The Bertz CT molecular complexity index is 832. The lowest BCUT2D eigenvalue weighted by molar-refractivity contribution is -0.133. The molecule has 1 atom stereocenters. The summed E-state index contributed by atoms with van der Waals surface area (Å²) in [7, 11) is 1.98. The van der Waals surface area contributed by atoms with Crippen LogP contribution in [-0.4, -0.2) is 45.4 Å². The van der Waals surface area contributed by atoms with Crippen LogP contribution in [-0.2, 0) is 18.4 Å². The lowest BCUT2D eigenvalue weighted by atomic mass is 10.2. The zero-order chi connectivity index (χ0) is 22.3. The van der Waals surface area contributed by atoms with Gasteiger partial charge in [-0.3, -0.25) is 4.79 Å². The molecule has 0 saturated heterocycles. The molecule has 1 N–H and O–H groups in total. The van der Waals surface area contributed by atoms with E-state index < -0.39 is 0 Å². The highest BCUT2D eigenvalue weighted by Gasteiger charge is 2.25. The number of nitrogens with one attached hydrogen (secondary N) is 1. The van der Waals surface area contributed by atoms with Crippen molar-refractivity contribution in [2.75, 3.05) is 18.4 Å². The third kappa shape index (κ3) is 6.90. The summed E-state index contributed by atoms with van der Waals surface area (Å²) in [6.07, 6.45) is 2.74. The molecule has 3 amide bonds. The number of hydrogen-bond donors (Lipinski definition) is 1. The Kier molecular flexibility index (Phi) is 8.96. The van der Waals surface area contributed by atoms with E-state index in [1.54, 1.807) is 4.90 Å². The molecule has 1 heterocycles. The van der Waals surface area contributed by atoms with Gasteiger partial charge in [0.1, 0.15) is 6.54 Å². The van der Waals surface area contributed by atoms with Crippen molar-refractivity contribution >= 4 is 33.6 Å². The number of carbonyl (C=O) groups excluding carboxylic acids is 2. The Labute approximate surface area is 188 Å². The van der Waals surface area contributed by atoms with Crippen molar-refractivity contribution in [2.24, 2.45) is 13.0 Å².